The lowest BCUT2D eigenvalue weighted by Gasteiger charge is -2.33. The van der Waals surface area contributed by atoms with Gasteiger partial charge in [0.1, 0.15) is 6.17 Å². The average molecular weight is 384 g/mol. The third-order valence-electron chi connectivity index (χ3n) is 5.37. The van der Waals surface area contributed by atoms with Gasteiger partial charge in [0.25, 0.3) is 5.91 Å². The molecule has 1 amide bonds. The largest absolute Gasteiger partial charge is 0.366 e. The Labute approximate surface area is 167 Å². The Morgan fingerprint density at radius 2 is 1.93 bits per heavy atom. The van der Waals surface area contributed by atoms with E-state index in [1.54, 1.807) is 0 Å². The zero-order valence-corrected chi connectivity index (χ0v) is 16.8. The van der Waals surface area contributed by atoms with E-state index < -0.39 is 6.17 Å². The Morgan fingerprint density at radius 3 is 2.54 bits per heavy atom. The predicted molar refractivity (Wildman–Crippen MR) is 113 cm³/mol. The van der Waals surface area contributed by atoms with Crippen molar-refractivity contribution in [3.8, 4) is 0 Å². The van der Waals surface area contributed by atoms with Gasteiger partial charge in [-0.1, -0.05) is 37.3 Å². The van der Waals surface area contributed by atoms with Crippen molar-refractivity contribution in [2.24, 2.45) is 0 Å². The number of carbonyl (C=O) groups excluding carboxylic acids is 1. The van der Waals surface area contributed by atoms with Crippen LogP contribution in [0.5, 0.6) is 0 Å². The fourth-order valence-electron chi connectivity index (χ4n) is 3.69. The number of hydrogen-bond donors (Lipinski definition) is 1. The smallest absolute Gasteiger partial charge is 0.251 e. The van der Waals surface area contributed by atoms with Gasteiger partial charge in [0.2, 0.25) is 0 Å². The van der Waals surface area contributed by atoms with Crippen molar-refractivity contribution >= 4 is 11.6 Å². The molecule has 0 aromatic heterocycles. The van der Waals surface area contributed by atoms with Crippen LogP contribution in [0.15, 0.2) is 54.6 Å². The molecule has 2 aromatic rings. The maximum absolute atomic E-state index is 13.7. The highest BCUT2D eigenvalue weighted by Crippen LogP contribution is 2.28. The van der Waals surface area contributed by atoms with Gasteiger partial charge < -0.3 is 10.2 Å². The predicted octanol–water partition coefficient (Wildman–Crippen LogP) is 4.05. The van der Waals surface area contributed by atoms with Gasteiger partial charge in [-0.15, -0.1) is 0 Å². The molecule has 2 atom stereocenters. The maximum atomic E-state index is 13.7. The van der Waals surface area contributed by atoms with E-state index in [0.717, 1.165) is 25.2 Å². The number of alkyl halides is 1. The summed E-state index contributed by atoms with van der Waals surface area (Å²) in [6.07, 6.45) is 0.816. The number of carbonyl (C=O) groups is 1. The van der Waals surface area contributed by atoms with Gasteiger partial charge in [0, 0.05) is 44.5 Å². The van der Waals surface area contributed by atoms with Crippen LogP contribution >= 0.6 is 0 Å². The third kappa shape index (κ3) is 5.10. The highest BCUT2D eigenvalue weighted by molar-refractivity contribution is 5.94. The molecule has 0 spiro atoms. The second kappa shape index (κ2) is 9.69. The summed E-state index contributed by atoms with van der Waals surface area (Å²) in [7, 11) is 2.06. The molecule has 28 heavy (non-hydrogen) atoms. The highest BCUT2D eigenvalue weighted by atomic mass is 19.1. The zero-order valence-electron chi connectivity index (χ0n) is 16.8. The molecule has 0 bridgehead atoms. The lowest BCUT2D eigenvalue weighted by molar-refractivity contribution is 0.0953. The number of benzene rings is 2. The first-order valence-electron chi connectivity index (χ1n) is 10.1. The summed E-state index contributed by atoms with van der Waals surface area (Å²) >= 11 is 0. The minimum Gasteiger partial charge on any atom is -0.366 e. The topological polar surface area (TPSA) is 35.6 Å². The molecule has 2 aromatic carbocycles. The third-order valence-corrected chi connectivity index (χ3v) is 5.37. The van der Waals surface area contributed by atoms with E-state index in [1.807, 2.05) is 49.4 Å². The zero-order chi connectivity index (χ0) is 19.9. The second-order valence-electron chi connectivity index (χ2n) is 7.49. The van der Waals surface area contributed by atoms with E-state index in [4.69, 9.17) is 0 Å². The minimum atomic E-state index is -0.720. The van der Waals surface area contributed by atoms with Crippen molar-refractivity contribution in [2.45, 2.75) is 32.0 Å². The molecule has 0 radical (unpaired) electrons. The summed E-state index contributed by atoms with van der Waals surface area (Å²) < 4.78 is 13.7. The summed E-state index contributed by atoms with van der Waals surface area (Å²) in [5, 5.41) is 2.90. The van der Waals surface area contributed by atoms with Gasteiger partial charge in [-0.25, -0.2) is 4.39 Å². The molecule has 1 fully saturated rings. The van der Waals surface area contributed by atoms with Gasteiger partial charge in [0.05, 0.1) is 6.04 Å². The summed E-state index contributed by atoms with van der Waals surface area (Å²) in [6.45, 7) is 4.80. The monoisotopic (exact) mass is 383 g/mol. The Bertz CT molecular complexity index is 750. The van der Waals surface area contributed by atoms with Crippen molar-refractivity contribution in [3.63, 3.8) is 0 Å². The SMILES string of the molecule is CCCNC(=O)c1ccc(N(C)[C@H](CN2CCC(F)C2)c2ccccc2)cc1. The molecule has 0 saturated carbocycles. The highest BCUT2D eigenvalue weighted by Gasteiger charge is 2.27. The first-order chi connectivity index (χ1) is 13.6. The van der Waals surface area contributed by atoms with E-state index in [9.17, 15) is 9.18 Å². The van der Waals surface area contributed by atoms with Gasteiger partial charge in [-0.3, -0.25) is 9.69 Å². The molecule has 1 N–H and O–H groups in total. The molecule has 150 valence electrons. The number of nitrogens with one attached hydrogen (secondary N) is 1. The van der Waals surface area contributed by atoms with Crippen LogP contribution in [0, 0.1) is 0 Å². The van der Waals surface area contributed by atoms with Gasteiger partial charge in [-0.2, -0.15) is 0 Å². The average Bonchev–Trinajstić information content (AvgIpc) is 3.15. The van der Waals surface area contributed by atoms with Crippen molar-refractivity contribution in [2.75, 3.05) is 38.1 Å². The molecular weight excluding hydrogens is 353 g/mol. The Kier molecular flexibility index (Phi) is 7.04. The summed E-state index contributed by atoms with van der Waals surface area (Å²) in [6, 6.07) is 18.2. The molecule has 1 unspecified atom stereocenters. The van der Waals surface area contributed by atoms with Crippen LogP contribution in [0.3, 0.4) is 0 Å². The van der Waals surface area contributed by atoms with Gasteiger partial charge in [0.15, 0.2) is 0 Å². The molecule has 3 rings (SSSR count). The maximum Gasteiger partial charge on any atom is 0.251 e. The lowest BCUT2D eigenvalue weighted by atomic mass is 10.0. The van der Waals surface area contributed by atoms with Crippen molar-refractivity contribution < 1.29 is 9.18 Å². The standard InChI is InChI=1S/C23H30FN3O/c1-3-14-25-23(28)19-9-11-21(12-10-19)26(2)22(18-7-5-4-6-8-18)17-27-15-13-20(24)16-27/h4-12,20,22H,3,13-17H2,1-2H3,(H,25,28)/t20?,22-/m1/s1. The lowest BCUT2D eigenvalue weighted by Crippen LogP contribution is -2.35. The molecule has 1 heterocycles. The van der Waals surface area contributed by atoms with Crippen molar-refractivity contribution in [1.82, 2.24) is 10.2 Å². The summed E-state index contributed by atoms with van der Waals surface area (Å²) in [5.41, 5.74) is 2.91. The second-order valence-corrected chi connectivity index (χ2v) is 7.49. The van der Waals surface area contributed by atoms with E-state index in [1.165, 1.54) is 5.56 Å². The van der Waals surface area contributed by atoms with E-state index in [2.05, 4.69) is 34.3 Å². The number of rotatable bonds is 8. The van der Waals surface area contributed by atoms with E-state index in [-0.39, 0.29) is 11.9 Å². The normalized spacial score (nSPS) is 18.0. The Balaban J connectivity index is 1.76. The van der Waals surface area contributed by atoms with Crippen molar-refractivity contribution in [1.29, 1.82) is 0 Å². The van der Waals surface area contributed by atoms with Crippen LogP contribution in [0.4, 0.5) is 10.1 Å². The quantitative estimate of drug-likeness (QED) is 0.747. The molecule has 1 aliphatic rings. The minimum absolute atomic E-state index is 0.0401. The molecule has 5 heteroatoms. The number of amides is 1. The number of likely N-dealkylation sites (tertiary alicyclic amines) is 1. The van der Waals surface area contributed by atoms with Crippen LogP contribution in [-0.4, -0.2) is 50.2 Å². The molecule has 1 saturated heterocycles. The first kappa shape index (κ1) is 20.3. The molecule has 0 aliphatic carbocycles. The summed E-state index contributed by atoms with van der Waals surface area (Å²) in [4.78, 5) is 16.6. The van der Waals surface area contributed by atoms with Crippen molar-refractivity contribution in [3.05, 3.63) is 65.7 Å². The van der Waals surface area contributed by atoms with Gasteiger partial charge in [-0.05, 0) is 42.7 Å². The number of anilines is 1. The molecule has 1 aliphatic heterocycles. The van der Waals surface area contributed by atoms with Crippen LogP contribution in [0.1, 0.15) is 41.7 Å². The van der Waals surface area contributed by atoms with Crippen LogP contribution < -0.4 is 10.2 Å². The van der Waals surface area contributed by atoms with Crippen LogP contribution in [0.25, 0.3) is 0 Å². The number of halogens is 1. The van der Waals surface area contributed by atoms with Gasteiger partial charge >= 0.3 is 0 Å². The van der Waals surface area contributed by atoms with E-state index in [0.29, 0.717) is 25.1 Å². The number of likely N-dealkylation sites (N-methyl/N-ethyl adjacent to an activating group) is 1. The fraction of sp³-hybridized carbons (Fsp3) is 0.435. The first-order valence-corrected chi connectivity index (χ1v) is 10.1. The molecular formula is C23H30FN3O. The molecule has 4 nitrogen and oxygen atoms in total. The number of nitrogens with zero attached hydrogens (tertiary/aromatic N) is 2. The fourth-order valence-corrected chi connectivity index (χ4v) is 3.69. The Morgan fingerprint density at radius 1 is 1.21 bits per heavy atom. The van der Waals surface area contributed by atoms with E-state index >= 15 is 0 Å². The summed E-state index contributed by atoms with van der Waals surface area (Å²) in [5.74, 6) is -0.0401. The Hall–Kier alpha value is -2.40. The van der Waals surface area contributed by atoms with Crippen LogP contribution in [0.2, 0.25) is 0 Å². The number of hydrogen-bond acceptors (Lipinski definition) is 3. The van der Waals surface area contributed by atoms with Crippen LogP contribution in [-0.2, 0) is 0 Å².